The van der Waals surface area contributed by atoms with Crippen molar-refractivity contribution in [3.05, 3.63) is 35.1 Å². The van der Waals surface area contributed by atoms with Crippen LogP contribution in [0.15, 0.2) is 18.2 Å². The fourth-order valence-electron chi connectivity index (χ4n) is 4.36. The summed E-state index contributed by atoms with van der Waals surface area (Å²) in [6.07, 6.45) is 1.68. The predicted octanol–water partition coefficient (Wildman–Crippen LogP) is 2.24. The largest absolute Gasteiger partial charge is 0.388 e. The summed E-state index contributed by atoms with van der Waals surface area (Å²) in [4.78, 5) is 14.3. The Hall–Kier alpha value is -1.17. The van der Waals surface area contributed by atoms with Crippen molar-refractivity contribution in [1.82, 2.24) is 4.90 Å². The molecule has 6 heteroatoms. The molecule has 0 aliphatic carbocycles. The number of fused-ring (bicyclic) bond motifs is 1. The molecule has 23 heavy (non-hydrogen) atoms. The first-order chi connectivity index (χ1) is 10.2. The second-order valence-electron chi connectivity index (χ2n) is 7.19. The van der Waals surface area contributed by atoms with Gasteiger partial charge in [0.2, 0.25) is 5.91 Å². The highest BCUT2D eigenvalue weighted by atomic mass is 35.5. The maximum Gasteiger partial charge on any atom is 0.240 e. The normalized spacial score (nSPS) is 30.3. The summed E-state index contributed by atoms with van der Waals surface area (Å²) in [5, 5.41) is 10.4. The molecule has 3 rings (SSSR count). The molecule has 0 radical (unpaired) electrons. The highest BCUT2D eigenvalue weighted by Gasteiger charge is 2.60. The van der Waals surface area contributed by atoms with Crippen molar-refractivity contribution in [1.29, 1.82) is 0 Å². The lowest BCUT2D eigenvalue weighted by molar-refractivity contribution is -0.138. The molecule has 0 unspecified atom stereocenters. The van der Waals surface area contributed by atoms with Crippen LogP contribution in [-0.4, -0.2) is 33.6 Å². The molecule has 128 valence electrons. The molecule has 3 N–H and O–H groups in total. The minimum absolute atomic E-state index is 0. The second kappa shape index (κ2) is 5.72. The van der Waals surface area contributed by atoms with Crippen molar-refractivity contribution in [2.45, 2.75) is 63.3 Å². The lowest BCUT2D eigenvalue weighted by Gasteiger charge is -2.40. The molecule has 0 spiro atoms. The Bertz CT molecular complexity index is 611. The van der Waals surface area contributed by atoms with E-state index in [0.29, 0.717) is 24.8 Å². The third-order valence-corrected chi connectivity index (χ3v) is 5.22. The first kappa shape index (κ1) is 18.2. The van der Waals surface area contributed by atoms with Crippen LogP contribution >= 0.6 is 12.4 Å². The van der Waals surface area contributed by atoms with Gasteiger partial charge in [-0.15, -0.1) is 12.4 Å². The molecule has 2 saturated heterocycles. The van der Waals surface area contributed by atoms with Gasteiger partial charge in [0.1, 0.15) is 5.82 Å². The van der Waals surface area contributed by atoms with E-state index in [1.807, 2.05) is 13.0 Å². The Labute approximate surface area is 142 Å². The standard InChI is InChI=1S/C17H23FN2O2.ClH/c1-10-5-4-6-11(18)14(10)17-8-7-13(16(2,3)22)20(17)15(21)12(19)9-17;/h4-6,12-13,22H,7-9,19H2,1-3H3;1H/t12-,13+,17+;/m0./s1. The van der Waals surface area contributed by atoms with Crippen molar-refractivity contribution in [3.8, 4) is 0 Å². The highest BCUT2D eigenvalue weighted by Crippen LogP contribution is 2.53. The maximum absolute atomic E-state index is 14.6. The lowest BCUT2D eigenvalue weighted by Crippen LogP contribution is -2.52. The second-order valence-corrected chi connectivity index (χ2v) is 7.19. The van der Waals surface area contributed by atoms with E-state index in [4.69, 9.17) is 5.73 Å². The number of hydrogen-bond donors (Lipinski definition) is 2. The van der Waals surface area contributed by atoms with Crippen LogP contribution in [0.2, 0.25) is 0 Å². The van der Waals surface area contributed by atoms with E-state index in [1.165, 1.54) is 6.07 Å². The van der Waals surface area contributed by atoms with Gasteiger partial charge in [0.25, 0.3) is 0 Å². The summed E-state index contributed by atoms with van der Waals surface area (Å²) in [6, 6.07) is 3.99. The van der Waals surface area contributed by atoms with Gasteiger partial charge in [-0.05, 0) is 51.7 Å². The summed E-state index contributed by atoms with van der Waals surface area (Å²) < 4.78 is 14.6. The molecular formula is C17H24ClFN2O2. The molecule has 4 nitrogen and oxygen atoms in total. The van der Waals surface area contributed by atoms with E-state index in [0.717, 1.165) is 5.56 Å². The van der Waals surface area contributed by atoms with Gasteiger partial charge in [0, 0.05) is 5.56 Å². The predicted molar refractivity (Wildman–Crippen MR) is 88.8 cm³/mol. The van der Waals surface area contributed by atoms with Gasteiger partial charge in [-0.2, -0.15) is 0 Å². The van der Waals surface area contributed by atoms with Crippen LogP contribution in [0.5, 0.6) is 0 Å². The quantitative estimate of drug-likeness (QED) is 0.866. The van der Waals surface area contributed by atoms with Crippen LogP contribution in [0.1, 0.15) is 44.2 Å². The van der Waals surface area contributed by atoms with Gasteiger partial charge in [0.05, 0.1) is 23.2 Å². The van der Waals surface area contributed by atoms with Crippen LogP contribution < -0.4 is 5.73 Å². The molecule has 2 fully saturated rings. The van der Waals surface area contributed by atoms with E-state index >= 15 is 0 Å². The Morgan fingerprint density at radius 2 is 2.09 bits per heavy atom. The van der Waals surface area contributed by atoms with Gasteiger partial charge in [-0.1, -0.05) is 12.1 Å². The summed E-state index contributed by atoms with van der Waals surface area (Å²) in [7, 11) is 0. The zero-order valence-electron chi connectivity index (χ0n) is 13.7. The van der Waals surface area contributed by atoms with Gasteiger partial charge >= 0.3 is 0 Å². The minimum atomic E-state index is -1.04. The van der Waals surface area contributed by atoms with Crippen molar-refractivity contribution in [2.75, 3.05) is 0 Å². The number of nitrogens with zero attached hydrogens (tertiary/aromatic N) is 1. The molecule has 1 aromatic carbocycles. The van der Waals surface area contributed by atoms with Crippen molar-refractivity contribution in [3.63, 3.8) is 0 Å². The van der Waals surface area contributed by atoms with E-state index in [1.54, 1.807) is 24.8 Å². The Morgan fingerprint density at radius 1 is 1.43 bits per heavy atom. The fraction of sp³-hybridized carbons (Fsp3) is 0.588. The molecule has 0 saturated carbocycles. The summed E-state index contributed by atoms with van der Waals surface area (Å²) in [5.41, 5.74) is 5.62. The Morgan fingerprint density at radius 3 is 2.65 bits per heavy atom. The summed E-state index contributed by atoms with van der Waals surface area (Å²) in [5.74, 6) is -0.490. The Balaban J connectivity index is 0.00000192. The number of benzene rings is 1. The van der Waals surface area contributed by atoms with Crippen LogP contribution in [-0.2, 0) is 10.3 Å². The molecule has 3 atom stereocenters. The molecule has 1 amide bonds. The van der Waals surface area contributed by atoms with Crippen LogP contribution in [0.4, 0.5) is 4.39 Å². The number of hydrogen-bond acceptors (Lipinski definition) is 3. The SMILES string of the molecule is Cc1cccc(F)c1[C@]12CC[C@H](C(C)(C)O)N1C(=O)[C@@H](N)C2.Cl. The minimum Gasteiger partial charge on any atom is -0.388 e. The average Bonchev–Trinajstić information content (AvgIpc) is 2.86. The first-order valence-corrected chi connectivity index (χ1v) is 7.75. The number of amides is 1. The topological polar surface area (TPSA) is 66.6 Å². The van der Waals surface area contributed by atoms with Gasteiger partial charge in [0.15, 0.2) is 0 Å². The molecule has 2 heterocycles. The number of carbonyl (C=O) groups excluding carboxylic acids is 1. The fourth-order valence-corrected chi connectivity index (χ4v) is 4.36. The van der Waals surface area contributed by atoms with E-state index in [-0.39, 0.29) is 30.2 Å². The van der Waals surface area contributed by atoms with Crippen LogP contribution in [0.25, 0.3) is 0 Å². The molecule has 1 aromatic rings. The maximum atomic E-state index is 14.6. The van der Waals surface area contributed by atoms with Crippen molar-refractivity contribution < 1.29 is 14.3 Å². The van der Waals surface area contributed by atoms with Gasteiger partial charge in [-0.3, -0.25) is 4.79 Å². The number of aliphatic hydroxyl groups is 1. The Kier molecular flexibility index (Phi) is 4.52. The molecule has 0 aromatic heterocycles. The number of halogens is 2. The third-order valence-electron chi connectivity index (χ3n) is 5.22. The number of carbonyl (C=O) groups is 1. The van der Waals surface area contributed by atoms with Crippen molar-refractivity contribution >= 4 is 18.3 Å². The number of rotatable bonds is 2. The zero-order chi connectivity index (χ0) is 16.3. The summed E-state index contributed by atoms with van der Waals surface area (Å²) >= 11 is 0. The lowest BCUT2D eigenvalue weighted by atomic mass is 9.82. The smallest absolute Gasteiger partial charge is 0.240 e. The number of aryl methyl sites for hydroxylation is 1. The van der Waals surface area contributed by atoms with Crippen molar-refractivity contribution in [2.24, 2.45) is 5.73 Å². The van der Waals surface area contributed by atoms with Gasteiger partial charge < -0.3 is 15.7 Å². The summed E-state index contributed by atoms with van der Waals surface area (Å²) in [6.45, 7) is 5.25. The third kappa shape index (κ3) is 2.55. The van der Waals surface area contributed by atoms with Crippen LogP contribution in [0.3, 0.4) is 0 Å². The first-order valence-electron chi connectivity index (χ1n) is 7.75. The molecular weight excluding hydrogens is 319 g/mol. The molecule has 2 aliphatic rings. The monoisotopic (exact) mass is 342 g/mol. The average molecular weight is 343 g/mol. The van der Waals surface area contributed by atoms with E-state index in [2.05, 4.69) is 0 Å². The van der Waals surface area contributed by atoms with Gasteiger partial charge in [-0.25, -0.2) is 4.39 Å². The van der Waals surface area contributed by atoms with E-state index < -0.39 is 17.2 Å². The van der Waals surface area contributed by atoms with E-state index in [9.17, 15) is 14.3 Å². The zero-order valence-corrected chi connectivity index (χ0v) is 14.5. The number of nitrogens with two attached hydrogens (primary N) is 1. The molecule has 0 bridgehead atoms. The highest BCUT2D eigenvalue weighted by molar-refractivity contribution is 5.86. The van der Waals surface area contributed by atoms with Crippen LogP contribution in [0, 0.1) is 12.7 Å². The molecule has 2 aliphatic heterocycles.